The Morgan fingerprint density at radius 1 is 0.518 bits per heavy atom. The normalized spacial score (nSPS) is 18.5. The molecular formula is C48H81F4N23O8S2. The number of carbonyl (C=O) groups is 8. The maximum absolute atomic E-state index is 16.1. The summed E-state index contributed by atoms with van der Waals surface area (Å²) in [6.45, 7) is 2.49. The largest absolute Gasteiger partial charge is 0.370 e. The van der Waals surface area contributed by atoms with Gasteiger partial charge in [-0.3, -0.25) is 63.3 Å². The lowest BCUT2D eigenvalue weighted by Crippen LogP contribution is -2.60. The highest BCUT2D eigenvalue weighted by molar-refractivity contribution is 7.99. The SMILES string of the molecule is CNC1CSc2c(F)c(F)c(c(F)c2F)SCC(C(=O)NC(CCCN=C(N)N)C(=O)NC(CCCN=C(N)N)C(=O)NCC(=O)C(C)C)NC(=O)C(CCCN=C(N)N)NC(=O)C(CCCN=C(N)N)NC(=O)C(CCCN=C(N)N)NC1=O. The Kier molecular flexibility index (Phi) is 32.6. The molecule has 0 aromatic heterocycles. The quantitative estimate of drug-likeness (QED) is 0.00889. The molecule has 7 atom stereocenters. The highest BCUT2D eigenvalue weighted by Crippen LogP contribution is 2.36. The topological polar surface area (TPSA) is 555 Å². The number of hydrogen-bond donors (Lipinski definition) is 18. The predicted octanol–water partition coefficient (Wildman–Crippen LogP) is -5.45. The summed E-state index contributed by atoms with van der Waals surface area (Å²) in [6.07, 6.45) is -0.957. The second kappa shape index (κ2) is 38.0. The van der Waals surface area contributed by atoms with Crippen molar-refractivity contribution in [1.29, 1.82) is 0 Å². The lowest BCUT2D eigenvalue weighted by molar-refractivity contribution is -0.135. The molecule has 0 spiro atoms. The number of halogens is 4. The molecule has 0 radical (unpaired) electrons. The van der Waals surface area contributed by atoms with Crippen molar-refractivity contribution in [1.82, 2.24) is 42.5 Å². The molecule has 476 valence electrons. The number of rotatable bonds is 29. The molecule has 31 nitrogen and oxygen atoms in total. The van der Waals surface area contributed by atoms with Crippen LogP contribution in [-0.2, 0) is 38.4 Å². The lowest BCUT2D eigenvalue weighted by Gasteiger charge is -2.28. The van der Waals surface area contributed by atoms with Gasteiger partial charge in [0.25, 0.3) is 0 Å². The first kappa shape index (κ1) is 73.0. The number of nitrogens with zero attached hydrogens (tertiary/aromatic N) is 5. The van der Waals surface area contributed by atoms with Crippen molar-refractivity contribution < 1.29 is 55.9 Å². The van der Waals surface area contributed by atoms with E-state index in [1.54, 1.807) is 13.8 Å². The molecule has 7 amide bonds. The number of nitrogens with one attached hydrogen (secondary N) is 8. The van der Waals surface area contributed by atoms with Gasteiger partial charge in [0, 0.05) is 50.1 Å². The molecule has 7 unspecified atom stereocenters. The van der Waals surface area contributed by atoms with Crippen molar-refractivity contribution in [2.45, 2.75) is 130 Å². The maximum Gasteiger partial charge on any atom is 0.244 e. The number of amides is 7. The van der Waals surface area contributed by atoms with E-state index in [9.17, 15) is 38.4 Å². The van der Waals surface area contributed by atoms with Gasteiger partial charge in [0.1, 0.15) is 36.3 Å². The third-order valence-corrected chi connectivity index (χ3v) is 14.5. The number of guanidine groups is 5. The summed E-state index contributed by atoms with van der Waals surface area (Å²) in [5, 5.41) is 20.1. The Morgan fingerprint density at radius 2 is 0.871 bits per heavy atom. The van der Waals surface area contributed by atoms with Crippen LogP contribution >= 0.6 is 23.5 Å². The van der Waals surface area contributed by atoms with E-state index in [4.69, 9.17) is 57.3 Å². The monoisotopic (exact) mass is 1250 g/mol. The fourth-order valence-corrected chi connectivity index (χ4v) is 9.73. The number of fused-ring (bicyclic) bond motifs is 18. The second-order valence-electron chi connectivity index (χ2n) is 19.3. The number of thioether (sulfide) groups is 2. The average Bonchev–Trinajstić information content (AvgIpc) is 2.67. The van der Waals surface area contributed by atoms with E-state index in [2.05, 4.69) is 67.5 Å². The summed E-state index contributed by atoms with van der Waals surface area (Å²) < 4.78 is 64.3. The van der Waals surface area contributed by atoms with Crippen LogP contribution in [0.15, 0.2) is 34.8 Å². The zero-order valence-electron chi connectivity index (χ0n) is 47.5. The van der Waals surface area contributed by atoms with Gasteiger partial charge in [-0.15, -0.1) is 23.5 Å². The average molecular weight is 1250 g/mol. The van der Waals surface area contributed by atoms with E-state index in [1.165, 1.54) is 7.05 Å². The van der Waals surface area contributed by atoms with Crippen molar-refractivity contribution in [3.63, 3.8) is 0 Å². The molecular weight excluding hydrogens is 1170 g/mol. The second-order valence-corrected chi connectivity index (χ2v) is 21.4. The molecule has 1 aromatic carbocycles. The van der Waals surface area contributed by atoms with Gasteiger partial charge in [0.2, 0.25) is 41.4 Å². The smallest absolute Gasteiger partial charge is 0.244 e. The first-order valence-electron chi connectivity index (χ1n) is 26.8. The standard InChI is InChI=1S/C48H81F4N23O8S2/c1-22(2)30(76)19-69-37(77)23(9-4-14-64-44(53)54)70-38(78)26(12-7-17-67-47(59)60)74-43(83)29-21-85-36-33(51)31(49)35(32(50)34(36)52)84-20-28(63-3)42(82)73-25(11-6-16-66-46(57)58)40(80)71-24(10-5-15-65-45(55)56)39(79)72-27(41(81)75-29)13-8-18-68-48(61)62/h22-29,63H,4-21H2,1-3H3,(H,69,77)(H,70,78)(H,71,80)(H,72,79)(H,73,82)(H,74,83)(H,75,81)(H4,53,54,64)(H4,55,56,65)(H4,57,58,66)(H4,59,60,67)(H4,61,62,68). The molecule has 2 heterocycles. The van der Waals surface area contributed by atoms with Gasteiger partial charge in [-0.2, -0.15) is 0 Å². The van der Waals surface area contributed by atoms with Crippen molar-refractivity contribution in [3.05, 3.63) is 23.3 Å². The van der Waals surface area contributed by atoms with Crippen LogP contribution in [0.25, 0.3) is 0 Å². The van der Waals surface area contributed by atoms with Gasteiger partial charge < -0.3 is 99.9 Å². The molecule has 0 aliphatic carbocycles. The molecule has 3 rings (SSSR count). The van der Waals surface area contributed by atoms with E-state index < -0.39 is 141 Å². The summed E-state index contributed by atoms with van der Waals surface area (Å²) in [5.41, 5.74) is 55.0. The number of carbonyl (C=O) groups excluding carboxylic acids is 8. The van der Waals surface area contributed by atoms with Gasteiger partial charge in [-0.1, -0.05) is 13.8 Å². The molecule has 37 heteroatoms. The molecule has 1 aromatic rings. The third kappa shape index (κ3) is 27.0. The highest BCUT2D eigenvalue weighted by atomic mass is 32.2. The molecule has 2 aliphatic rings. The number of Topliss-reactive ketones (excluding diaryl/α,β-unsaturated/α-hetero) is 1. The zero-order valence-corrected chi connectivity index (χ0v) is 49.1. The first-order chi connectivity index (χ1) is 40.1. The number of benzene rings is 1. The van der Waals surface area contributed by atoms with Crippen LogP contribution in [0.5, 0.6) is 0 Å². The molecule has 2 bridgehead atoms. The van der Waals surface area contributed by atoms with Crippen LogP contribution in [-0.4, -0.2) is 177 Å². The Labute approximate surface area is 496 Å². The number of aliphatic imine (C=N–C) groups is 5. The molecule has 0 saturated heterocycles. The fourth-order valence-electron chi connectivity index (χ4n) is 7.65. The van der Waals surface area contributed by atoms with E-state index in [0.717, 1.165) is 0 Å². The Morgan fingerprint density at radius 3 is 1.25 bits per heavy atom. The van der Waals surface area contributed by atoms with Crippen LogP contribution in [0.2, 0.25) is 0 Å². The molecule has 0 saturated carbocycles. The fraction of sp³-hybridized carbons (Fsp3) is 0.604. The van der Waals surface area contributed by atoms with E-state index in [0.29, 0.717) is 0 Å². The minimum atomic E-state index is -2.01. The van der Waals surface area contributed by atoms with E-state index in [1.807, 2.05) is 0 Å². The summed E-state index contributed by atoms with van der Waals surface area (Å²) in [6, 6.07) is -11.1. The number of hydrogen-bond acceptors (Lipinski definition) is 16. The maximum atomic E-state index is 16.1. The predicted molar refractivity (Wildman–Crippen MR) is 315 cm³/mol. The molecule has 2 aliphatic heterocycles. The molecule has 0 fully saturated rings. The van der Waals surface area contributed by atoms with Gasteiger partial charge >= 0.3 is 0 Å². The van der Waals surface area contributed by atoms with Gasteiger partial charge in [-0.05, 0) is 71.3 Å². The van der Waals surface area contributed by atoms with Crippen molar-refractivity contribution in [2.75, 3.05) is 57.8 Å². The first-order valence-corrected chi connectivity index (χ1v) is 28.7. The third-order valence-electron chi connectivity index (χ3n) is 12.2. The minimum Gasteiger partial charge on any atom is -0.370 e. The van der Waals surface area contributed by atoms with Crippen LogP contribution < -0.4 is 99.9 Å². The Balaban J connectivity index is 2.92. The Hall–Kier alpha value is -8.09. The van der Waals surface area contributed by atoms with Crippen molar-refractivity contribution >= 4 is 100 Å². The number of ketones is 1. The minimum absolute atomic E-state index is 0.00415. The summed E-state index contributed by atoms with van der Waals surface area (Å²) in [7, 11) is 1.29. The number of nitrogens with two attached hydrogens (primary N) is 10. The van der Waals surface area contributed by atoms with Crippen LogP contribution in [0.3, 0.4) is 0 Å². The summed E-state index contributed by atoms with van der Waals surface area (Å²) in [5.74, 6) is -18.6. The van der Waals surface area contributed by atoms with Crippen molar-refractivity contribution in [2.24, 2.45) is 88.2 Å². The zero-order chi connectivity index (χ0) is 63.9. The van der Waals surface area contributed by atoms with Gasteiger partial charge in [0.05, 0.1) is 22.4 Å². The van der Waals surface area contributed by atoms with E-state index in [-0.39, 0.29) is 156 Å². The summed E-state index contributed by atoms with van der Waals surface area (Å²) >= 11 is 0.240. The van der Waals surface area contributed by atoms with Crippen LogP contribution in [0.4, 0.5) is 17.6 Å². The Bertz CT molecular complexity index is 2590. The lowest BCUT2D eigenvalue weighted by atomic mass is 10.0. The highest BCUT2D eigenvalue weighted by Gasteiger charge is 2.36. The molecule has 28 N–H and O–H groups in total. The number of likely N-dealkylation sites (N-methyl/N-ethyl adjacent to an activating group) is 1. The van der Waals surface area contributed by atoms with E-state index >= 15 is 17.6 Å². The van der Waals surface area contributed by atoms with Gasteiger partial charge in [-0.25, -0.2) is 17.6 Å². The summed E-state index contributed by atoms with van der Waals surface area (Å²) in [4.78, 5) is 129. The van der Waals surface area contributed by atoms with Gasteiger partial charge in [0.15, 0.2) is 58.8 Å². The van der Waals surface area contributed by atoms with Crippen LogP contribution in [0.1, 0.15) is 78.1 Å². The molecule has 85 heavy (non-hydrogen) atoms. The van der Waals surface area contributed by atoms with Crippen LogP contribution in [0, 0.1) is 29.2 Å². The van der Waals surface area contributed by atoms with Crippen molar-refractivity contribution in [3.8, 4) is 0 Å².